The van der Waals surface area contributed by atoms with Crippen molar-refractivity contribution < 1.29 is 23.3 Å². The van der Waals surface area contributed by atoms with Crippen LogP contribution in [0, 0.1) is 6.92 Å². The minimum absolute atomic E-state index is 0.193. The molecule has 0 bridgehead atoms. The first kappa shape index (κ1) is 22.2. The van der Waals surface area contributed by atoms with Gasteiger partial charge in [-0.2, -0.15) is 0 Å². The van der Waals surface area contributed by atoms with Gasteiger partial charge in [0.2, 0.25) is 0 Å². The molecule has 31 heavy (non-hydrogen) atoms. The van der Waals surface area contributed by atoms with E-state index in [4.69, 9.17) is 9.47 Å². The molecule has 0 fully saturated rings. The number of amides is 1. The number of carbonyl (C=O) groups excluding carboxylic acids is 2. The van der Waals surface area contributed by atoms with Gasteiger partial charge in [-0.1, -0.05) is 48.9 Å². The molecule has 0 radical (unpaired) electrons. The number of rotatable bonds is 8. The summed E-state index contributed by atoms with van der Waals surface area (Å²) in [5.74, 6) is 0.274. The maximum atomic E-state index is 12.4. The second-order valence-electron chi connectivity index (χ2n) is 6.67. The number of para-hydroxylation sites is 2. The second-order valence-corrected chi connectivity index (χ2v) is 8.37. The van der Waals surface area contributed by atoms with E-state index in [-0.39, 0.29) is 5.56 Å². The summed E-state index contributed by atoms with van der Waals surface area (Å²) in [4.78, 5) is 25.2. The van der Waals surface area contributed by atoms with Crippen molar-refractivity contribution in [1.82, 2.24) is 0 Å². The largest absolute Gasteiger partial charge is 0.455 e. The first-order chi connectivity index (χ1) is 15.0. The molecule has 1 unspecified atom stereocenters. The van der Waals surface area contributed by atoms with Crippen LogP contribution in [0.4, 0.5) is 5.69 Å². The van der Waals surface area contributed by atoms with Crippen LogP contribution in [0.25, 0.3) is 0 Å². The third-order valence-corrected chi connectivity index (χ3v) is 5.73. The first-order valence-electron chi connectivity index (χ1n) is 9.76. The van der Waals surface area contributed by atoms with Crippen molar-refractivity contribution in [2.24, 2.45) is 0 Å². The van der Waals surface area contributed by atoms with E-state index in [9.17, 15) is 13.8 Å². The predicted molar refractivity (Wildman–Crippen MR) is 120 cm³/mol. The number of benzene rings is 3. The van der Waals surface area contributed by atoms with Gasteiger partial charge in [-0.3, -0.25) is 9.00 Å². The van der Waals surface area contributed by atoms with Gasteiger partial charge >= 0.3 is 5.97 Å². The van der Waals surface area contributed by atoms with Crippen LogP contribution in [-0.4, -0.2) is 28.4 Å². The van der Waals surface area contributed by atoms with Crippen molar-refractivity contribution >= 4 is 28.4 Å². The highest BCUT2D eigenvalue weighted by molar-refractivity contribution is 7.85. The summed E-state index contributed by atoms with van der Waals surface area (Å²) in [6, 6.07) is 21.1. The SMILES string of the molecule is CCS(=O)c1ccccc1C(=O)OCC(=O)Nc1ccccc1Oc1ccc(C)cc1. The Morgan fingerprint density at radius 3 is 2.35 bits per heavy atom. The van der Waals surface area contributed by atoms with E-state index < -0.39 is 29.3 Å². The number of anilines is 1. The molecule has 3 rings (SSSR count). The Kier molecular flexibility index (Phi) is 7.56. The molecule has 3 aromatic rings. The van der Waals surface area contributed by atoms with Crippen LogP contribution in [0.5, 0.6) is 11.5 Å². The molecule has 0 spiro atoms. The van der Waals surface area contributed by atoms with Gasteiger partial charge < -0.3 is 14.8 Å². The van der Waals surface area contributed by atoms with Crippen LogP contribution in [0.2, 0.25) is 0 Å². The zero-order valence-corrected chi connectivity index (χ0v) is 18.1. The van der Waals surface area contributed by atoms with E-state index >= 15 is 0 Å². The van der Waals surface area contributed by atoms with Crippen molar-refractivity contribution in [2.75, 3.05) is 17.7 Å². The molecule has 0 heterocycles. The van der Waals surface area contributed by atoms with E-state index in [0.717, 1.165) is 5.56 Å². The number of ether oxygens (including phenoxy) is 2. The highest BCUT2D eigenvalue weighted by atomic mass is 32.2. The summed E-state index contributed by atoms with van der Waals surface area (Å²) in [5, 5.41) is 2.70. The van der Waals surface area contributed by atoms with E-state index in [0.29, 0.717) is 27.8 Å². The van der Waals surface area contributed by atoms with Crippen molar-refractivity contribution in [3.05, 3.63) is 83.9 Å². The Morgan fingerprint density at radius 2 is 1.61 bits per heavy atom. The monoisotopic (exact) mass is 437 g/mol. The molecule has 1 amide bonds. The molecule has 0 aromatic heterocycles. The Hall–Kier alpha value is -3.45. The van der Waals surface area contributed by atoms with Crippen LogP contribution in [0.15, 0.2) is 77.7 Å². The molecule has 1 atom stereocenters. The lowest BCUT2D eigenvalue weighted by Crippen LogP contribution is -2.21. The summed E-state index contributed by atoms with van der Waals surface area (Å²) in [6.45, 7) is 3.27. The Bertz CT molecular complexity index is 1100. The minimum Gasteiger partial charge on any atom is -0.455 e. The van der Waals surface area contributed by atoms with Gasteiger partial charge in [-0.15, -0.1) is 0 Å². The third-order valence-electron chi connectivity index (χ3n) is 4.36. The zero-order chi connectivity index (χ0) is 22.2. The van der Waals surface area contributed by atoms with Crippen molar-refractivity contribution in [2.45, 2.75) is 18.7 Å². The maximum Gasteiger partial charge on any atom is 0.339 e. The molecule has 0 aliphatic heterocycles. The predicted octanol–water partition coefficient (Wildman–Crippen LogP) is 4.71. The fourth-order valence-corrected chi connectivity index (χ4v) is 3.71. The van der Waals surface area contributed by atoms with Crippen LogP contribution < -0.4 is 10.1 Å². The van der Waals surface area contributed by atoms with Crippen LogP contribution in [0.3, 0.4) is 0 Å². The lowest BCUT2D eigenvalue weighted by atomic mass is 10.2. The summed E-state index contributed by atoms with van der Waals surface area (Å²) >= 11 is 0. The topological polar surface area (TPSA) is 81.7 Å². The molecule has 7 heteroatoms. The van der Waals surface area contributed by atoms with E-state index in [1.165, 1.54) is 6.07 Å². The normalized spacial score (nSPS) is 11.4. The van der Waals surface area contributed by atoms with E-state index in [2.05, 4.69) is 5.32 Å². The average molecular weight is 438 g/mol. The fourth-order valence-electron chi connectivity index (χ4n) is 2.78. The molecular weight excluding hydrogens is 414 g/mol. The van der Waals surface area contributed by atoms with Crippen LogP contribution in [0.1, 0.15) is 22.8 Å². The summed E-state index contributed by atoms with van der Waals surface area (Å²) in [5.41, 5.74) is 1.76. The van der Waals surface area contributed by atoms with Gasteiger partial charge in [0.15, 0.2) is 12.4 Å². The number of carbonyl (C=O) groups is 2. The Morgan fingerprint density at radius 1 is 0.935 bits per heavy atom. The Labute approximate surface area is 183 Å². The van der Waals surface area contributed by atoms with Gasteiger partial charge in [-0.25, -0.2) is 4.79 Å². The summed E-state index contributed by atoms with van der Waals surface area (Å²) in [6.07, 6.45) is 0. The van der Waals surface area contributed by atoms with Crippen LogP contribution in [-0.2, 0) is 20.3 Å². The highest BCUT2D eigenvalue weighted by Gasteiger charge is 2.17. The second kappa shape index (κ2) is 10.5. The van der Waals surface area contributed by atoms with E-state index in [1.54, 1.807) is 49.4 Å². The molecule has 0 aliphatic rings. The third kappa shape index (κ3) is 6.02. The number of aryl methyl sites for hydroxylation is 1. The summed E-state index contributed by atoms with van der Waals surface area (Å²) in [7, 11) is -1.31. The highest BCUT2D eigenvalue weighted by Crippen LogP contribution is 2.29. The van der Waals surface area contributed by atoms with Gasteiger partial charge in [0, 0.05) is 5.75 Å². The number of hydrogen-bond acceptors (Lipinski definition) is 5. The van der Waals surface area contributed by atoms with Gasteiger partial charge in [0.05, 0.1) is 26.9 Å². The number of hydrogen-bond donors (Lipinski definition) is 1. The fraction of sp³-hybridized carbons (Fsp3) is 0.167. The molecule has 3 aromatic carbocycles. The number of esters is 1. The molecular formula is C24H23NO5S. The molecule has 6 nitrogen and oxygen atoms in total. The van der Waals surface area contributed by atoms with E-state index in [1.807, 2.05) is 31.2 Å². The van der Waals surface area contributed by atoms with Gasteiger partial charge in [-0.05, 0) is 43.3 Å². The van der Waals surface area contributed by atoms with Crippen molar-refractivity contribution in [3.63, 3.8) is 0 Å². The standard InChI is InChI=1S/C24H23NO5S/c1-3-31(28)22-11-7-4-8-19(22)24(27)29-16-23(26)25-20-9-5-6-10-21(20)30-18-14-12-17(2)13-15-18/h4-15H,3,16H2,1-2H3,(H,25,26). The van der Waals surface area contributed by atoms with Crippen molar-refractivity contribution in [3.8, 4) is 11.5 Å². The smallest absolute Gasteiger partial charge is 0.339 e. The van der Waals surface area contributed by atoms with Gasteiger partial charge in [0.1, 0.15) is 5.75 Å². The average Bonchev–Trinajstić information content (AvgIpc) is 2.79. The first-order valence-corrected chi connectivity index (χ1v) is 11.1. The lowest BCUT2D eigenvalue weighted by Gasteiger charge is -2.13. The minimum atomic E-state index is -1.31. The van der Waals surface area contributed by atoms with Gasteiger partial charge in [0.25, 0.3) is 5.91 Å². The number of nitrogens with one attached hydrogen (secondary N) is 1. The lowest BCUT2D eigenvalue weighted by molar-refractivity contribution is -0.119. The maximum absolute atomic E-state index is 12.4. The molecule has 160 valence electrons. The zero-order valence-electron chi connectivity index (χ0n) is 17.3. The molecule has 0 saturated carbocycles. The van der Waals surface area contributed by atoms with Crippen molar-refractivity contribution in [1.29, 1.82) is 0 Å². The molecule has 0 saturated heterocycles. The molecule has 1 N–H and O–H groups in total. The van der Waals surface area contributed by atoms with Crippen LogP contribution >= 0.6 is 0 Å². The summed E-state index contributed by atoms with van der Waals surface area (Å²) < 4.78 is 23.1. The molecule has 0 aliphatic carbocycles. The Balaban J connectivity index is 1.64. The quantitative estimate of drug-likeness (QED) is 0.516.